The second kappa shape index (κ2) is 11.0. The smallest absolute Gasteiger partial charge is 0.251 e. The third-order valence-electron chi connectivity index (χ3n) is 5.57. The topological polar surface area (TPSA) is 42.8 Å². The number of thiophene rings is 1. The van der Waals surface area contributed by atoms with Crippen LogP contribution in [-0.4, -0.2) is 45.3 Å². The molecule has 1 aromatic heterocycles. The summed E-state index contributed by atoms with van der Waals surface area (Å²) < 4.78 is 5.41. The molecule has 0 spiro atoms. The molecular weight excluding hydrogens is 404 g/mol. The van der Waals surface area contributed by atoms with Crippen molar-refractivity contribution in [2.45, 2.75) is 6.42 Å². The molecule has 4 nitrogen and oxygen atoms in total. The van der Waals surface area contributed by atoms with E-state index in [1.807, 2.05) is 53.9 Å². The van der Waals surface area contributed by atoms with Crippen molar-refractivity contribution < 1.29 is 14.4 Å². The van der Waals surface area contributed by atoms with Gasteiger partial charge in [0, 0.05) is 23.4 Å². The highest BCUT2D eigenvalue weighted by molar-refractivity contribution is 7.11. The predicted molar refractivity (Wildman–Crippen MR) is 128 cm³/mol. The molecule has 1 fully saturated rings. The first-order valence-electron chi connectivity index (χ1n) is 10.9. The molecule has 1 aliphatic heterocycles. The molecule has 160 valence electrons. The zero-order valence-corrected chi connectivity index (χ0v) is 18.5. The minimum absolute atomic E-state index is 0.0159. The van der Waals surface area contributed by atoms with E-state index in [-0.39, 0.29) is 5.91 Å². The fraction of sp³-hybridized carbons (Fsp3) is 0.269. The lowest BCUT2D eigenvalue weighted by Crippen LogP contribution is -3.14. The van der Waals surface area contributed by atoms with Crippen molar-refractivity contribution in [1.29, 1.82) is 0 Å². The summed E-state index contributed by atoms with van der Waals surface area (Å²) in [6.45, 7) is 5.56. The molecule has 1 saturated heterocycles. The Bertz CT molecular complexity index is 976. The molecule has 31 heavy (non-hydrogen) atoms. The van der Waals surface area contributed by atoms with Gasteiger partial charge in [-0.15, -0.1) is 11.3 Å². The highest BCUT2D eigenvalue weighted by Crippen LogP contribution is 2.25. The summed E-state index contributed by atoms with van der Waals surface area (Å²) in [4.78, 5) is 15.7. The molecule has 5 heteroatoms. The molecule has 0 unspecified atom stereocenters. The van der Waals surface area contributed by atoms with E-state index < -0.39 is 0 Å². The Kier molecular flexibility index (Phi) is 7.66. The average Bonchev–Trinajstić information content (AvgIpc) is 3.35. The van der Waals surface area contributed by atoms with E-state index >= 15 is 0 Å². The van der Waals surface area contributed by atoms with Crippen LogP contribution in [-0.2, 0) is 9.53 Å². The second-order valence-corrected chi connectivity index (χ2v) is 8.72. The lowest BCUT2D eigenvalue weighted by atomic mass is 9.99. The Balaban J connectivity index is 1.43. The zero-order chi connectivity index (χ0) is 21.3. The molecule has 0 aliphatic carbocycles. The van der Waals surface area contributed by atoms with Gasteiger partial charge in [0.1, 0.15) is 13.1 Å². The first-order valence-corrected chi connectivity index (χ1v) is 11.8. The Morgan fingerprint density at radius 2 is 1.71 bits per heavy atom. The number of ether oxygens (including phenoxy) is 1. The van der Waals surface area contributed by atoms with Crippen molar-refractivity contribution >= 4 is 28.9 Å². The fourth-order valence-corrected chi connectivity index (χ4v) is 4.47. The van der Waals surface area contributed by atoms with Gasteiger partial charge in [0.15, 0.2) is 0 Å². The van der Waals surface area contributed by atoms with Crippen LogP contribution in [0.25, 0.3) is 22.8 Å². The molecular formula is C26H29N2O2S+. The van der Waals surface area contributed by atoms with Crippen LogP contribution in [0.1, 0.15) is 16.9 Å². The zero-order valence-electron chi connectivity index (χ0n) is 17.7. The number of morpholine rings is 1. The first kappa shape index (κ1) is 21.5. The van der Waals surface area contributed by atoms with Gasteiger partial charge in [-0.1, -0.05) is 60.7 Å². The number of benzene rings is 2. The van der Waals surface area contributed by atoms with Crippen LogP contribution >= 0.6 is 11.3 Å². The minimum Gasteiger partial charge on any atom is -0.370 e. The van der Waals surface area contributed by atoms with Gasteiger partial charge in [0.05, 0.1) is 19.8 Å². The van der Waals surface area contributed by atoms with E-state index in [0.29, 0.717) is 12.1 Å². The van der Waals surface area contributed by atoms with Crippen molar-refractivity contribution in [2.75, 3.05) is 39.4 Å². The third kappa shape index (κ3) is 6.14. The van der Waals surface area contributed by atoms with Crippen molar-refractivity contribution in [3.05, 3.63) is 82.6 Å². The van der Waals surface area contributed by atoms with Crippen molar-refractivity contribution in [1.82, 2.24) is 5.32 Å². The number of carbonyl (C=O) groups excluding carboxylic acids is 1. The van der Waals surface area contributed by atoms with Crippen molar-refractivity contribution in [3.8, 4) is 11.1 Å². The van der Waals surface area contributed by atoms with Gasteiger partial charge in [-0.05, 0) is 34.2 Å². The molecule has 1 amide bonds. The molecule has 2 N–H and O–H groups in total. The molecule has 0 atom stereocenters. The van der Waals surface area contributed by atoms with E-state index in [9.17, 15) is 4.79 Å². The van der Waals surface area contributed by atoms with Crippen LogP contribution in [0.5, 0.6) is 0 Å². The van der Waals surface area contributed by atoms with Gasteiger partial charge in [-0.3, -0.25) is 4.79 Å². The van der Waals surface area contributed by atoms with Crippen LogP contribution in [0.4, 0.5) is 0 Å². The number of hydrogen-bond acceptors (Lipinski definition) is 3. The molecule has 0 bridgehead atoms. The highest BCUT2D eigenvalue weighted by atomic mass is 32.1. The monoisotopic (exact) mass is 433 g/mol. The Morgan fingerprint density at radius 3 is 2.42 bits per heavy atom. The standard InChI is InChI=1S/C26H28N2O2S/c29-26(27-13-5-14-28-15-17-30-18-16-28)25(20-24-8-4-19-31-24)23-11-9-22(10-12-23)21-6-2-1-3-7-21/h1-4,6-12,19-20H,5,13-18H2,(H,27,29)/p+1/b25-20+. The molecule has 2 heterocycles. The first-order chi connectivity index (χ1) is 15.3. The third-order valence-corrected chi connectivity index (χ3v) is 6.39. The van der Waals surface area contributed by atoms with Crippen LogP contribution in [0.15, 0.2) is 72.1 Å². The quantitative estimate of drug-likeness (QED) is 0.423. The van der Waals surface area contributed by atoms with Crippen molar-refractivity contribution in [2.24, 2.45) is 0 Å². The molecule has 0 saturated carbocycles. The van der Waals surface area contributed by atoms with Crippen LogP contribution in [0.2, 0.25) is 0 Å². The maximum absolute atomic E-state index is 13.1. The fourth-order valence-electron chi connectivity index (χ4n) is 3.81. The van der Waals surface area contributed by atoms with Crippen molar-refractivity contribution in [3.63, 3.8) is 0 Å². The highest BCUT2D eigenvalue weighted by Gasteiger charge is 2.15. The van der Waals surface area contributed by atoms with Gasteiger partial charge in [0.2, 0.25) is 0 Å². The number of hydrogen-bond donors (Lipinski definition) is 2. The Hall–Kier alpha value is -2.73. The number of carbonyl (C=O) groups is 1. The summed E-state index contributed by atoms with van der Waals surface area (Å²) in [7, 11) is 0. The summed E-state index contributed by atoms with van der Waals surface area (Å²) in [5.41, 5.74) is 3.96. The summed E-state index contributed by atoms with van der Waals surface area (Å²) in [6.07, 6.45) is 2.96. The number of quaternary nitrogens is 1. The molecule has 1 aliphatic rings. The average molecular weight is 434 g/mol. The lowest BCUT2D eigenvalue weighted by Gasteiger charge is -2.23. The second-order valence-electron chi connectivity index (χ2n) is 7.74. The van der Waals surface area contributed by atoms with Gasteiger partial charge >= 0.3 is 0 Å². The van der Waals surface area contributed by atoms with Crippen LogP contribution < -0.4 is 10.2 Å². The van der Waals surface area contributed by atoms with E-state index in [0.717, 1.165) is 55.3 Å². The Labute approximate surface area is 188 Å². The summed E-state index contributed by atoms with van der Waals surface area (Å²) >= 11 is 1.64. The summed E-state index contributed by atoms with van der Waals surface area (Å²) in [5.74, 6) is -0.0159. The molecule has 0 radical (unpaired) electrons. The molecule has 3 aromatic rings. The molecule has 4 rings (SSSR count). The van der Waals surface area contributed by atoms with E-state index in [1.54, 1.807) is 16.2 Å². The van der Waals surface area contributed by atoms with E-state index in [4.69, 9.17) is 4.74 Å². The van der Waals surface area contributed by atoms with Crippen LogP contribution in [0.3, 0.4) is 0 Å². The van der Waals surface area contributed by atoms with Gasteiger partial charge in [0.25, 0.3) is 5.91 Å². The van der Waals surface area contributed by atoms with E-state index in [1.165, 1.54) is 5.56 Å². The summed E-state index contributed by atoms with van der Waals surface area (Å²) in [5, 5.41) is 5.17. The predicted octanol–water partition coefficient (Wildman–Crippen LogP) is 3.38. The van der Waals surface area contributed by atoms with Crippen LogP contribution in [0, 0.1) is 0 Å². The largest absolute Gasteiger partial charge is 0.370 e. The Morgan fingerprint density at radius 1 is 0.968 bits per heavy atom. The van der Waals surface area contributed by atoms with Gasteiger partial charge < -0.3 is 15.0 Å². The summed E-state index contributed by atoms with van der Waals surface area (Å²) in [6, 6.07) is 22.6. The number of nitrogens with one attached hydrogen (secondary N) is 2. The molecule has 2 aromatic carbocycles. The normalized spacial score (nSPS) is 15.0. The minimum atomic E-state index is -0.0159. The number of rotatable bonds is 8. The van der Waals surface area contributed by atoms with E-state index in [2.05, 4.69) is 29.6 Å². The van der Waals surface area contributed by atoms with Gasteiger partial charge in [-0.25, -0.2) is 0 Å². The van der Waals surface area contributed by atoms with Gasteiger partial charge in [-0.2, -0.15) is 0 Å². The maximum Gasteiger partial charge on any atom is 0.251 e. The number of amides is 1. The SMILES string of the molecule is O=C(NCCC[NH+]1CCOCC1)/C(=C/c1cccs1)c1ccc(-c2ccccc2)cc1. The maximum atomic E-state index is 13.1. The lowest BCUT2D eigenvalue weighted by molar-refractivity contribution is -0.908.